The Balaban J connectivity index is 2.66. The largest absolute Gasteiger partial charge is 0.436 e. The van der Waals surface area contributed by atoms with Crippen LogP contribution in [-0.2, 0) is 6.18 Å². The molecule has 0 spiro atoms. The summed E-state index contributed by atoms with van der Waals surface area (Å²) in [6, 6.07) is 4.27. The second kappa shape index (κ2) is 4.31. The zero-order chi connectivity index (χ0) is 13.3. The predicted octanol–water partition coefficient (Wildman–Crippen LogP) is 2.81. The monoisotopic (exact) mass is 272 g/mol. The van der Waals surface area contributed by atoms with Gasteiger partial charge in [0, 0.05) is 12.4 Å². The van der Waals surface area contributed by atoms with Gasteiger partial charge in [0.2, 0.25) is 0 Å². The number of aromatic nitrogens is 3. The van der Waals surface area contributed by atoms with Crippen molar-refractivity contribution in [3.63, 3.8) is 0 Å². The number of nitriles is 1. The first-order valence-electron chi connectivity index (χ1n) is 4.61. The van der Waals surface area contributed by atoms with Gasteiger partial charge in [-0.3, -0.25) is 4.98 Å². The van der Waals surface area contributed by atoms with E-state index >= 15 is 0 Å². The zero-order valence-electron chi connectivity index (χ0n) is 8.61. The lowest BCUT2D eigenvalue weighted by Gasteiger charge is -2.02. The Hall–Kier alpha value is -2.07. The number of rotatable bonds is 1. The molecule has 0 aliphatic carbocycles. The topological polar surface area (TPSA) is 54.5 Å². The van der Waals surface area contributed by atoms with Crippen LogP contribution in [0.25, 0.3) is 5.69 Å². The van der Waals surface area contributed by atoms with Gasteiger partial charge in [-0.05, 0) is 12.1 Å². The van der Waals surface area contributed by atoms with E-state index in [-0.39, 0.29) is 5.15 Å². The molecule has 0 atom stereocenters. The third-order valence-corrected chi connectivity index (χ3v) is 2.47. The number of nitrogens with zero attached hydrogens (tertiary/aromatic N) is 4. The van der Waals surface area contributed by atoms with Crippen LogP contribution in [-0.4, -0.2) is 14.8 Å². The molecule has 0 aliphatic heterocycles. The van der Waals surface area contributed by atoms with E-state index in [1.165, 1.54) is 30.6 Å². The van der Waals surface area contributed by atoms with Crippen LogP contribution in [0.2, 0.25) is 5.15 Å². The lowest BCUT2D eigenvalue weighted by Crippen LogP contribution is -2.08. The molecule has 0 aliphatic rings. The highest BCUT2D eigenvalue weighted by Crippen LogP contribution is 2.34. The first-order chi connectivity index (χ1) is 8.45. The molecule has 92 valence electrons. The molecule has 0 aromatic carbocycles. The highest BCUT2D eigenvalue weighted by Gasteiger charge is 2.39. The fourth-order valence-corrected chi connectivity index (χ4v) is 1.62. The summed E-state index contributed by atoms with van der Waals surface area (Å²) in [5, 5.41) is 11.7. The molecule has 2 heterocycles. The van der Waals surface area contributed by atoms with Crippen molar-refractivity contribution >= 4 is 11.6 Å². The van der Waals surface area contributed by atoms with Crippen molar-refractivity contribution in [2.45, 2.75) is 6.18 Å². The van der Waals surface area contributed by atoms with Crippen LogP contribution in [0.4, 0.5) is 13.2 Å². The van der Waals surface area contributed by atoms with Gasteiger partial charge < -0.3 is 0 Å². The smallest absolute Gasteiger partial charge is 0.265 e. The molecule has 0 saturated carbocycles. The lowest BCUT2D eigenvalue weighted by atomic mass is 10.2. The molecular formula is C10H4ClF3N4. The summed E-state index contributed by atoms with van der Waals surface area (Å²) in [6.45, 7) is 0. The highest BCUT2D eigenvalue weighted by atomic mass is 35.5. The lowest BCUT2D eigenvalue weighted by molar-refractivity contribution is -0.141. The maximum absolute atomic E-state index is 12.6. The number of pyridine rings is 1. The van der Waals surface area contributed by atoms with Gasteiger partial charge in [-0.1, -0.05) is 11.6 Å². The van der Waals surface area contributed by atoms with Gasteiger partial charge in [0.1, 0.15) is 11.6 Å². The standard InChI is InChI=1S/C10H4ClF3N4/c11-9-7(5-15)8(10(12,13)14)17-18(9)6-1-3-16-4-2-6/h1-4H. The van der Waals surface area contributed by atoms with Gasteiger partial charge in [-0.2, -0.15) is 23.5 Å². The number of hydrogen-bond acceptors (Lipinski definition) is 3. The van der Waals surface area contributed by atoms with Crippen LogP contribution in [0.1, 0.15) is 11.3 Å². The molecule has 2 aromatic rings. The first kappa shape index (κ1) is 12.4. The van der Waals surface area contributed by atoms with Gasteiger partial charge in [0.05, 0.1) is 5.69 Å². The number of halogens is 4. The van der Waals surface area contributed by atoms with Crippen LogP contribution in [0.3, 0.4) is 0 Å². The summed E-state index contributed by atoms with van der Waals surface area (Å²) < 4.78 is 38.8. The minimum Gasteiger partial charge on any atom is -0.265 e. The molecule has 0 N–H and O–H groups in total. The number of hydrogen-bond donors (Lipinski definition) is 0. The molecule has 0 unspecified atom stereocenters. The van der Waals surface area contributed by atoms with Gasteiger partial charge in [-0.15, -0.1) is 0 Å². The van der Waals surface area contributed by atoms with E-state index in [1.807, 2.05) is 0 Å². The summed E-state index contributed by atoms with van der Waals surface area (Å²) in [5.41, 5.74) is -1.70. The molecule has 0 amide bonds. The van der Waals surface area contributed by atoms with E-state index in [0.717, 1.165) is 4.68 Å². The molecule has 0 saturated heterocycles. The van der Waals surface area contributed by atoms with Crippen molar-refractivity contribution in [1.29, 1.82) is 5.26 Å². The van der Waals surface area contributed by atoms with E-state index < -0.39 is 17.4 Å². The van der Waals surface area contributed by atoms with Gasteiger partial charge in [0.15, 0.2) is 10.8 Å². The predicted molar refractivity (Wildman–Crippen MR) is 56.1 cm³/mol. The Morgan fingerprint density at radius 1 is 1.28 bits per heavy atom. The molecule has 18 heavy (non-hydrogen) atoms. The van der Waals surface area contributed by atoms with E-state index in [1.54, 1.807) is 0 Å². The van der Waals surface area contributed by atoms with Crippen LogP contribution >= 0.6 is 11.6 Å². The molecular weight excluding hydrogens is 269 g/mol. The quantitative estimate of drug-likeness (QED) is 0.802. The Bertz CT molecular complexity index is 613. The third-order valence-electron chi connectivity index (χ3n) is 2.12. The highest BCUT2D eigenvalue weighted by molar-refractivity contribution is 6.31. The van der Waals surface area contributed by atoms with Crippen molar-refractivity contribution in [2.24, 2.45) is 0 Å². The molecule has 0 fully saturated rings. The van der Waals surface area contributed by atoms with Crippen molar-refractivity contribution in [3.8, 4) is 11.8 Å². The Kier molecular flexibility index (Phi) is 2.97. The zero-order valence-corrected chi connectivity index (χ0v) is 9.37. The van der Waals surface area contributed by atoms with Crippen molar-refractivity contribution < 1.29 is 13.2 Å². The van der Waals surface area contributed by atoms with E-state index in [4.69, 9.17) is 16.9 Å². The average Bonchev–Trinajstić information content (AvgIpc) is 2.67. The van der Waals surface area contributed by atoms with Crippen molar-refractivity contribution in [3.05, 3.63) is 40.9 Å². The normalized spacial score (nSPS) is 11.3. The second-order valence-corrected chi connectivity index (χ2v) is 3.60. The molecule has 2 aromatic heterocycles. The molecule has 8 heteroatoms. The summed E-state index contributed by atoms with van der Waals surface area (Å²) in [7, 11) is 0. The minimum absolute atomic E-state index is 0.294. The Morgan fingerprint density at radius 3 is 2.33 bits per heavy atom. The van der Waals surface area contributed by atoms with Gasteiger partial charge in [-0.25, -0.2) is 4.68 Å². The van der Waals surface area contributed by atoms with Gasteiger partial charge >= 0.3 is 6.18 Å². The van der Waals surface area contributed by atoms with E-state index in [9.17, 15) is 13.2 Å². The van der Waals surface area contributed by atoms with Crippen LogP contribution in [0.15, 0.2) is 24.5 Å². The molecule has 0 bridgehead atoms. The SMILES string of the molecule is N#Cc1c(C(F)(F)F)nn(-c2ccncc2)c1Cl. The average molecular weight is 273 g/mol. The van der Waals surface area contributed by atoms with Crippen LogP contribution in [0.5, 0.6) is 0 Å². The Morgan fingerprint density at radius 2 is 1.89 bits per heavy atom. The van der Waals surface area contributed by atoms with Crippen molar-refractivity contribution in [1.82, 2.24) is 14.8 Å². The third kappa shape index (κ3) is 2.02. The van der Waals surface area contributed by atoms with Crippen molar-refractivity contribution in [2.75, 3.05) is 0 Å². The van der Waals surface area contributed by atoms with E-state index in [0.29, 0.717) is 5.69 Å². The van der Waals surface area contributed by atoms with Crippen LogP contribution in [0, 0.1) is 11.3 Å². The maximum Gasteiger partial charge on any atom is 0.436 e. The van der Waals surface area contributed by atoms with E-state index in [2.05, 4.69) is 10.1 Å². The maximum atomic E-state index is 12.6. The fraction of sp³-hybridized carbons (Fsp3) is 0.100. The summed E-state index contributed by atoms with van der Waals surface area (Å²) in [5.74, 6) is 0. The minimum atomic E-state index is -4.73. The molecule has 2 rings (SSSR count). The summed E-state index contributed by atoms with van der Waals surface area (Å²) in [4.78, 5) is 3.73. The molecule has 4 nitrogen and oxygen atoms in total. The second-order valence-electron chi connectivity index (χ2n) is 3.24. The summed E-state index contributed by atoms with van der Waals surface area (Å²) in [6.07, 6.45) is -1.97. The Labute approximate surface area is 104 Å². The first-order valence-corrected chi connectivity index (χ1v) is 4.99. The molecule has 0 radical (unpaired) electrons. The van der Waals surface area contributed by atoms with Crippen LogP contribution < -0.4 is 0 Å². The van der Waals surface area contributed by atoms with Gasteiger partial charge in [0.25, 0.3) is 0 Å². The fourth-order valence-electron chi connectivity index (χ4n) is 1.35. The number of alkyl halides is 3. The summed E-state index contributed by atoms with van der Waals surface area (Å²) >= 11 is 5.73.